The molecule has 130 valence electrons. The molecule has 0 fully saturated rings. The number of halogens is 1. The van der Waals surface area contributed by atoms with Gasteiger partial charge in [-0.1, -0.05) is 23.3 Å². The van der Waals surface area contributed by atoms with Gasteiger partial charge < -0.3 is 4.42 Å². The van der Waals surface area contributed by atoms with E-state index in [1.807, 2.05) is 0 Å². The van der Waals surface area contributed by atoms with Gasteiger partial charge in [0, 0.05) is 23.8 Å². The maximum atomic E-state index is 13.2. The van der Waals surface area contributed by atoms with Gasteiger partial charge in [0.1, 0.15) is 5.82 Å². The van der Waals surface area contributed by atoms with Gasteiger partial charge in [-0.15, -0.1) is 5.10 Å². The molecule has 1 amide bonds. The predicted molar refractivity (Wildman–Crippen MR) is 90.5 cm³/mol. The highest BCUT2D eigenvalue weighted by atomic mass is 19.1. The Morgan fingerprint density at radius 2 is 2.00 bits per heavy atom. The van der Waals surface area contributed by atoms with Crippen molar-refractivity contribution >= 4 is 23.7 Å². The van der Waals surface area contributed by atoms with E-state index in [-0.39, 0.29) is 17.6 Å². The summed E-state index contributed by atoms with van der Waals surface area (Å²) in [7, 11) is 0. The molecule has 3 rings (SSSR count). The summed E-state index contributed by atoms with van der Waals surface area (Å²) in [5, 5.41) is 20.5. The number of amides is 1. The summed E-state index contributed by atoms with van der Waals surface area (Å²) in [4.78, 5) is 22.1. The number of rotatable bonds is 5. The van der Waals surface area contributed by atoms with E-state index < -0.39 is 16.6 Å². The molecule has 0 spiro atoms. The number of nitrogens with zero attached hydrogens (tertiary/aromatic N) is 3. The number of hydrogen-bond acceptors (Lipinski definition) is 6. The third kappa shape index (κ3) is 4.15. The summed E-state index contributed by atoms with van der Waals surface area (Å²) in [5.41, 5.74) is 0.787. The smallest absolute Gasteiger partial charge is 0.322 e. The molecule has 0 radical (unpaired) electrons. The van der Waals surface area contributed by atoms with Gasteiger partial charge in [0.25, 0.3) is 11.6 Å². The summed E-state index contributed by atoms with van der Waals surface area (Å²) >= 11 is 0. The Morgan fingerprint density at radius 1 is 1.19 bits per heavy atom. The van der Waals surface area contributed by atoms with Crippen molar-refractivity contribution in [2.75, 3.05) is 5.32 Å². The number of benzene rings is 2. The van der Waals surface area contributed by atoms with E-state index in [9.17, 15) is 19.3 Å². The van der Waals surface area contributed by atoms with Crippen molar-refractivity contribution in [1.82, 2.24) is 10.2 Å². The lowest BCUT2D eigenvalue weighted by Crippen LogP contribution is -2.07. The minimum absolute atomic E-state index is 0.0578. The molecule has 8 nitrogen and oxygen atoms in total. The molecule has 0 aliphatic heterocycles. The predicted octanol–water partition coefficient (Wildman–Crippen LogP) is 3.44. The van der Waals surface area contributed by atoms with Crippen LogP contribution in [0.15, 0.2) is 59.0 Å². The van der Waals surface area contributed by atoms with Crippen LogP contribution in [0.4, 0.5) is 16.1 Å². The molecule has 1 N–H and O–H groups in total. The number of nitro groups is 1. The Morgan fingerprint density at radius 3 is 2.77 bits per heavy atom. The largest absolute Gasteiger partial charge is 0.403 e. The number of non-ortho nitro benzene ring substituents is 1. The molecule has 3 aromatic rings. The van der Waals surface area contributed by atoms with Gasteiger partial charge in [-0.3, -0.25) is 20.2 Å². The van der Waals surface area contributed by atoms with E-state index >= 15 is 0 Å². The van der Waals surface area contributed by atoms with Crippen molar-refractivity contribution in [2.24, 2.45) is 0 Å². The van der Waals surface area contributed by atoms with Gasteiger partial charge in [0.05, 0.1) is 4.92 Å². The van der Waals surface area contributed by atoms with Crippen molar-refractivity contribution in [2.45, 2.75) is 0 Å². The second-order valence-electron chi connectivity index (χ2n) is 5.10. The average molecular weight is 354 g/mol. The maximum absolute atomic E-state index is 13.2. The minimum atomic E-state index is -0.564. The molecule has 2 aromatic carbocycles. The van der Waals surface area contributed by atoms with Gasteiger partial charge in [-0.05, 0) is 29.8 Å². The summed E-state index contributed by atoms with van der Waals surface area (Å²) in [5.74, 6) is -0.959. The van der Waals surface area contributed by atoms with Gasteiger partial charge >= 0.3 is 6.01 Å². The fraction of sp³-hybridized carbons (Fsp3) is 0. The van der Waals surface area contributed by atoms with Crippen molar-refractivity contribution in [3.05, 3.63) is 76.1 Å². The molecule has 26 heavy (non-hydrogen) atoms. The van der Waals surface area contributed by atoms with Gasteiger partial charge in [0.15, 0.2) is 0 Å². The van der Waals surface area contributed by atoms with Crippen LogP contribution in [0.5, 0.6) is 0 Å². The van der Waals surface area contributed by atoms with Gasteiger partial charge in [0.2, 0.25) is 5.89 Å². The van der Waals surface area contributed by atoms with E-state index in [2.05, 4.69) is 15.5 Å². The lowest BCUT2D eigenvalue weighted by atomic mass is 10.2. The highest BCUT2D eigenvalue weighted by Gasteiger charge is 2.11. The molecule has 0 unspecified atom stereocenters. The van der Waals surface area contributed by atoms with Crippen LogP contribution in [0.2, 0.25) is 0 Å². The van der Waals surface area contributed by atoms with Crippen LogP contribution in [0.3, 0.4) is 0 Å². The van der Waals surface area contributed by atoms with Crippen LogP contribution in [0.25, 0.3) is 17.5 Å². The molecule has 1 aromatic heterocycles. The quantitative estimate of drug-likeness (QED) is 0.427. The fourth-order valence-corrected chi connectivity index (χ4v) is 2.07. The summed E-state index contributed by atoms with van der Waals surface area (Å²) < 4.78 is 18.5. The first-order chi connectivity index (χ1) is 12.5. The Balaban J connectivity index is 1.67. The number of anilines is 1. The zero-order valence-corrected chi connectivity index (χ0v) is 13.1. The number of nitro benzene ring substituents is 1. The van der Waals surface area contributed by atoms with Crippen LogP contribution in [-0.2, 0) is 4.79 Å². The lowest BCUT2D eigenvalue weighted by Gasteiger charge is -1.96. The molecule has 0 aliphatic carbocycles. The first-order valence-electron chi connectivity index (χ1n) is 7.34. The SMILES string of the molecule is O=C(C=Cc1cccc([N+](=O)[O-])c1)Nc1nnc(-c2cccc(F)c2)o1. The third-order valence-electron chi connectivity index (χ3n) is 3.23. The highest BCUT2D eigenvalue weighted by Crippen LogP contribution is 2.20. The minimum Gasteiger partial charge on any atom is -0.403 e. The molecule has 0 saturated heterocycles. The monoisotopic (exact) mass is 354 g/mol. The van der Waals surface area contributed by atoms with Gasteiger partial charge in [-0.2, -0.15) is 0 Å². The summed E-state index contributed by atoms with van der Waals surface area (Å²) in [6.45, 7) is 0. The third-order valence-corrected chi connectivity index (χ3v) is 3.23. The first kappa shape index (κ1) is 17.0. The zero-order valence-electron chi connectivity index (χ0n) is 13.1. The van der Waals surface area contributed by atoms with Crippen molar-refractivity contribution in [1.29, 1.82) is 0 Å². The lowest BCUT2D eigenvalue weighted by molar-refractivity contribution is -0.384. The van der Waals surface area contributed by atoms with Crippen molar-refractivity contribution in [3.8, 4) is 11.5 Å². The van der Waals surface area contributed by atoms with Gasteiger partial charge in [-0.25, -0.2) is 4.39 Å². The topological polar surface area (TPSA) is 111 Å². The molecule has 0 bridgehead atoms. The highest BCUT2D eigenvalue weighted by molar-refractivity contribution is 6.00. The summed E-state index contributed by atoms with van der Waals surface area (Å²) in [6, 6.07) is 11.2. The number of carbonyl (C=O) groups excluding carboxylic acids is 1. The number of carbonyl (C=O) groups is 1. The standard InChI is InChI=1S/C17H11FN4O4/c18-13-5-2-4-12(10-13)16-20-21-17(26-16)19-15(23)8-7-11-3-1-6-14(9-11)22(24)25/h1-10H,(H,19,21,23). The number of aromatic nitrogens is 2. The Hall–Kier alpha value is -3.88. The second kappa shape index (κ2) is 7.34. The Labute approximate surface area is 146 Å². The number of nitrogens with one attached hydrogen (secondary N) is 1. The summed E-state index contributed by atoms with van der Waals surface area (Å²) in [6.07, 6.45) is 2.58. The van der Waals surface area contributed by atoms with Crippen LogP contribution in [-0.4, -0.2) is 21.0 Å². The Bertz CT molecular complexity index is 1000. The molecule has 0 saturated carbocycles. The van der Waals surface area contributed by atoms with Crippen molar-refractivity contribution in [3.63, 3.8) is 0 Å². The molecular weight excluding hydrogens is 343 g/mol. The fourth-order valence-electron chi connectivity index (χ4n) is 2.07. The second-order valence-corrected chi connectivity index (χ2v) is 5.10. The molecule has 0 aliphatic rings. The van der Waals surface area contributed by atoms with Crippen LogP contribution in [0.1, 0.15) is 5.56 Å². The van der Waals surface area contributed by atoms with E-state index in [1.54, 1.807) is 12.1 Å². The maximum Gasteiger partial charge on any atom is 0.322 e. The Kier molecular flexibility index (Phi) is 4.79. The van der Waals surface area contributed by atoms with Crippen LogP contribution >= 0.6 is 0 Å². The van der Waals surface area contributed by atoms with E-state index in [0.717, 1.165) is 0 Å². The van der Waals surface area contributed by atoms with Crippen LogP contribution < -0.4 is 5.32 Å². The van der Waals surface area contributed by atoms with Crippen LogP contribution in [0, 0.1) is 15.9 Å². The molecule has 1 heterocycles. The normalized spacial score (nSPS) is 10.8. The zero-order chi connectivity index (χ0) is 18.5. The average Bonchev–Trinajstić information content (AvgIpc) is 3.09. The van der Waals surface area contributed by atoms with Crippen molar-refractivity contribution < 1.29 is 18.5 Å². The van der Waals surface area contributed by atoms with E-state index in [0.29, 0.717) is 11.1 Å². The molecule has 9 heteroatoms. The molecular formula is C17H11FN4O4. The number of hydrogen-bond donors (Lipinski definition) is 1. The first-order valence-corrected chi connectivity index (χ1v) is 7.34. The van der Waals surface area contributed by atoms with E-state index in [4.69, 9.17) is 4.42 Å². The molecule has 0 atom stereocenters. The van der Waals surface area contributed by atoms with E-state index in [1.165, 1.54) is 48.6 Å².